The summed E-state index contributed by atoms with van der Waals surface area (Å²) in [5, 5.41) is 17.9. The van der Waals surface area contributed by atoms with Crippen molar-refractivity contribution in [1.82, 2.24) is 0 Å². The van der Waals surface area contributed by atoms with Gasteiger partial charge in [0.1, 0.15) is 5.78 Å². The van der Waals surface area contributed by atoms with Crippen molar-refractivity contribution in [2.75, 3.05) is 0 Å². The molecule has 2 N–H and O–H groups in total. The molecule has 0 spiro atoms. The zero-order chi connectivity index (χ0) is 12.1. The third-order valence-electron chi connectivity index (χ3n) is 3.32. The molecule has 1 aliphatic carbocycles. The van der Waals surface area contributed by atoms with Crippen molar-refractivity contribution < 1.29 is 19.8 Å². The van der Waals surface area contributed by atoms with Gasteiger partial charge in [0.05, 0.1) is 6.10 Å². The fourth-order valence-electron chi connectivity index (χ4n) is 2.48. The van der Waals surface area contributed by atoms with E-state index in [4.69, 9.17) is 10.2 Å². The molecule has 0 bridgehead atoms. The van der Waals surface area contributed by atoms with Crippen LogP contribution in [0.3, 0.4) is 0 Å². The zero-order valence-corrected chi connectivity index (χ0v) is 9.69. The standard InChI is InChI=1S/C12H20O4/c1-8(13)3-2-4-10-9(7-12(15)16)5-6-11(10)14/h8-10,13H,2-7H2,1H3,(H,15,16)/t8-,9+,10+/m0/s1. The number of aliphatic carboxylic acids is 1. The number of Topliss-reactive ketones (excluding diaryl/α,β-unsaturated/α-hetero) is 1. The highest BCUT2D eigenvalue weighted by molar-refractivity contribution is 5.84. The molecule has 3 atom stereocenters. The van der Waals surface area contributed by atoms with Gasteiger partial charge < -0.3 is 10.2 Å². The van der Waals surface area contributed by atoms with Gasteiger partial charge in [-0.25, -0.2) is 0 Å². The summed E-state index contributed by atoms with van der Waals surface area (Å²) in [5.41, 5.74) is 0. The predicted octanol–water partition coefficient (Wildman–Crippen LogP) is 1.61. The van der Waals surface area contributed by atoms with Crippen molar-refractivity contribution in [3.05, 3.63) is 0 Å². The molecule has 1 rings (SSSR count). The van der Waals surface area contributed by atoms with Gasteiger partial charge in [-0.05, 0) is 32.1 Å². The van der Waals surface area contributed by atoms with Crippen LogP contribution in [0.15, 0.2) is 0 Å². The van der Waals surface area contributed by atoms with Gasteiger partial charge in [0, 0.05) is 18.8 Å². The average molecular weight is 228 g/mol. The Balaban J connectivity index is 2.40. The number of aliphatic hydroxyl groups excluding tert-OH is 1. The Morgan fingerprint density at radius 1 is 1.56 bits per heavy atom. The summed E-state index contributed by atoms with van der Waals surface area (Å²) in [5.74, 6) is -0.689. The Labute approximate surface area is 95.7 Å². The van der Waals surface area contributed by atoms with Gasteiger partial charge >= 0.3 is 5.97 Å². The lowest BCUT2D eigenvalue weighted by Crippen LogP contribution is -2.18. The molecule has 0 heterocycles. The summed E-state index contributed by atoms with van der Waals surface area (Å²) in [6.45, 7) is 1.73. The molecule has 4 nitrogen and oxygen atoms in total. The van der Waals surface area contributed by atoms with Gasteiger partial charge in [-0.2, -0.15) is 0 Å². The van der Waals surface area contributed by atoms with Crippen LogP contribution in [0, 0.1) is 11.8 Å². The number of hydrogen-bond acceptors (Lipinski definition) is 3. The van der Waals surface area contributed by atoms with E-state index in [-0.39, 0.29) is 30.1 Å². The molecule has 1 saturated carbocycles. The smallest absolute Gasteiger partial charge is 0.303 e. The molecule has 16 heavy (non-hydrogen) atoms. The Bertz CT molecular complexity index is 260. The van der Waals surface area contributed by atoms with E-state index in [2.05, 4.69) is 0 Å². The van der Waals surface area contributed by atoms with E-state index in [0.29, 0.717) is 19.3 Å². The van der Waals surface area contributed by atoms with Crippen LogP contribution in [0.1, 0.15) is 45.4 Å². The highest BCUT2D eigenvalue weighted by atomic mass is 16.4. The number of ketones is 1. The van der Waals surface area contributed by atoms with Crippen LogP contribution in [0.5, 0.6) is 0 Å². The fraction of sp³-hybridized carbons (Fsp3) is 0.833. The Morgan fingerprint density at radius 2 is 2.25 bits per heavy atom. The maximum absolute atomic E-state index is 11.6. The molecule has 0 unspecified atom stereocenters. The Morgan fingerprint density at radius 3 is 2.81 bits per heavy atom. The second kappa shape index (κ2) is 5.99. The van der Waals surface area contributed by atoms with Gasteiger partial charge in [-0.15, -0.1) is 0 Å². The van der Waals surface area contributed by atoms with Crippen molar-refractivity contribution in [3.63, 3.8) is 0 Å². The second-order valence-corrected chi connectivity index (χ2v) is 4.75. The maximum atomic E-state index is 11.6. The van der Waals surface area contributed by atoms with E-state index in [1.165, 1.54) is 0 Å². The van der Waals surface area contributed by atoms with Crippen molar-refractivity contribution in [2.24, 2.45) is 11.8 Å². The minimum Gasteiger partial charge on any atom is -0.481 e. The zero-order valence-electron chi connectivity index (χ0n) is 9.69. The molecule has 1 fully saturated rings. The lowest BCUT2D eigenvalue weighted by atomic mass is 9.88. The summed E-state index contributed by atoms with van der Waals surface area (Å²) < 4.78 is 0. The normalized spacial score (nSPS) is 27.0. The van der Waals surface area contributed by atoms with Gasteiger partial charge in [0.2, 0.25) is 0 Å². The molecule has 0 radical (unpaired) electrons. The number of carboxylic acids is 1. The van der Waals surface area contributed by atoms with Gasteiger partial charge in [-0.3, -0.25) is 9.59 Å². The van der Waals surface area contributed by atoms with Gasteiger partial charge in [0.15, 0.2) is 0 Å². The van der Waals surface area contributed by atoms with Gasteiger partial charge in [0.25, 0.3) is 0 Å². The van der Waals surface area contributed by atoms with E-state index in [1.54, 1.807) is 6.92 Å². The molecule has 0 saturated heterocycles. The molecule has 0 aromatic carbocycles. The van der Waals surface area contributed by atoms with E-state index >= 15 is 0 Å². The van der Waals surface area contributed by atoms with E-state index < -0.39 is 5.97 Å². The lowest BCUT2D eigenvalue weighted by molar-refractivity contribution is -0.138. The monoisotopic (exact) mass is 228 g/mol. The molecule has 0 aromatic rings. The van der Waals surface area contributed by atoms with E-state index in [9.17, 15) is 9.59 Å². The van der Waals surface area contributed by atoms with E-state index in [1.807, 2.05) is 0 Å². The average Bonchev–Trinajstić information content (AvgIpc) is 2.48. The van der Waals surface area contributed by atoms with Crippen molar-refractivity contribution >= 4 is 11.8 Å². The molecule has 0 aliphatic heterocycles. The maximum Gasteiger partial charge on any atom is 0.303 e. The molecule has 1 aliphatic rings. The van der Waals surface area contributed by atoms with Crippen LogP contribution in [0.4, 0.5) is 0 Å². The first-order valence-corrected chi connectivity index (χ1v) is 5.93. The van der Waals surface area contributed by atoms with E-state index in [0.717, 1.165) is 12.8 Å². The first-order valence-electron chi connectivity index (χ1n) is 5.93. The van der Waals surface area contributed by atoms with Crippen molar-refractivity contribution in [2.45, 2.75) is 51.6 Å². The molecule has 92 valence electrons. The number of carboxylic acid groups (broad SMARTS) is 1. The number of hydrogen-bond donors (Lipinski definition) is 2. The molecule has 0 aromatic heterocycles. The summed E-state index contributed by atoms with van der Waals surface area (Å²) in [7, 11) is 0. The number of rotatable bonds is 6. The van der Waals surface area contributed by atoms with Crippen LogP contribution >= 0.6 is 0 Å². The number of carbonyl (C=O) groups excluding carboxylic acids is 1. The largest absolute Gasteiger partial charge is 0.481 e. The summed E-state index contributed by atoms with van der Waals surface area (Å²) in [4.78, 5) is 22.2. The summed E-state index contributed by atoms with van der Waals surface area (Å²) >= 11 is 0. The molecule has 0 amide bonds. The third kappa shape index (κ3) is 3.93. The van der Waals surface area contributed by atoms with Crippen molar-refractivity contribution in [3.8, 4) is 0 Å². The first kappa shape index (κ1) is 13.2. The quantitative estimate of drug-likeness (QED) is 0.724. The second-order valence-electron chi connectivity index (χ2n) is 4.75. The van der Waals surface area contributed by atoms with Gasteiger partial charge in [-0.1, -0.05) is 6.42 Å². The number of carbonyl (C=O) groups is 2. The SMILES string of the molecule is C[C@H](O)CCC[C@H]1C(=O)CC[C@@H]1CC(=O)O. The molecular formula is C12H20O4. The first-order chi connectivity index (χ1) is 7.50. The van der Waals surface area contributed by atoms with Crippen molar-refractivity contribution in [1.29, 1.82) is 0 Å². The van der Waals surface area contributed by atoms with Crippen LogP contribution < -0.4 is 0 Å². The fourth-order valence-corrected chi connectivity index (χ4v) is 2.48. The lowest BCUT2D eigenvalue weighted by Gasteiger charge is -2.16. The van der Waals surface area contributed by atoms with Crippen LogP contribution in [0.25, 0.3) is 0 Å². The topological polar surface area (TPSA) is 74.6 Å². The Hall–Kier alpha value is -0.900. The minimum absolute atomic E-state index is 0.0130. The molecular weight excluding hydrogens is 208 g/mol. The Kier molecular flexibility index (Phi) is 4.93. The predicted molar refractivity (Wildman–Crippen MR) is 59.0 cm³/mol. The molecule has 4 heteroatoms. The third-order valence-corrected chi connectivity index (χ3v) is 3.32. The minimum atomic E-state index is -0.819. The summed E-state index contributed by atoms with van der Waals surface area (Å²) in [6, 6.07) is 0. The van der Waals surface area contributed by atoms with Crippen LogP contribution in [-0.4, -0.2) is 28.1 Å². The van der Waals surface area contributed by atoms with Crippen LogP contribution in [0.2, 0.25) is 0 Å². The highest BCUT2D eigenvalue weighted by Gasteiger charge is 2.35. The number of aliphatic hydroxyl groups is 1. The van der Waals surface area contributed by atoms with Crippen LogP contribution in [-0.2, 0) is 9.59 Å². The summed E-state index contributed by atoms with van der Waals surface area (Å²) in [6.07, 6.45) is 3.21. The highest BCUT2D eigenvalue weighted by Crippen LogP contribution is 2.34.